The predicted molar refractivity (Wildman–Crippen MR) is 74.2 cm³/mol. The SMILES string of the molecule is CC[CH2][Al]([CH2]CC)[CH]1C=Cc2ccccc21. The van der Waals surface area contributed by atoms with E-state index in [2.05, 4.69) is 50.3 Å². The van der Waals surface area contributed by atoms with Gasteiger partial charge in [0.1, 0.15) is 0 Å². The lowest BCUT2D eigenvalue weighted by molar-refractivity contribution is 0.968. The minimum atomic E-state index is -0.610. The van der Waals surface area contributed by atoms with Crippen LogP contribution in [0.4, 0.5) is 0 Å². The van der Waals surface area contributed by atoms with Gasteiger partial charge in [-0.3, -0.25) is 0 Å². The van der Waals surface area contributed by atoms with Crippen molar-refractivity contribution < 1.29 is 0 Å². The standard InChI is InChI=1S/C9H7.2C3H7.Al/c1-2-5-9-7-3-6-8(9)4-1;2*1-3-2;/h1-7H;2*1,3H2,2H3;. The number of rotatable bonds is 5. The van der Waals surface area contributed by atoms with Crippen LogP contribution in [0.5, 0.6) is 0 Å². The second-order valence-corrected chi connectivity index (χ2v) is 8.24. The molecule has 1 aromatic rings. The molecule has 0 fully saturated rings. The van der Waals surface area contributed by atoms with E-state index in [-0.39, 0.29) is 0 Å². The van der Waals surface area contributed by atoms with E-state index in [1.54, 1.807) is 5.56 Å². The Morgan fingerprint density at radius 3 is 2.44 bits per heavy atom. The van der Waals surface area contributed by atoms with Crippen LogP contribution in [0.15, 0.2) is 30.3 Å². The molecule has 1 aromatic carbocycles. The maximum atomic E-state index is 2.48. The van der Waals surface area contributed by atoms with E-state index in [0.717, 1.165) is 4.78 Å². The molecule has 16 heavy (non-hydrogen) atoms. The van der Waals surface area contributed by atoms with Gasteiger partial charge in [0.2, 0.25) is 0 Å². The molecule has 84 valence electrons. The fraction of sp³-hybridized carbons (Fsp3) is 0.467. The van der Waals surface area contributed by atoms with E-state index in [1.165, 1.54) is 29.0 Å². The summed E-state index contributed by atoms with van der Waals surface area (Å²) in [6, 6.07) is 8.95. The van der Waals surface area contributed by atoms with E-state index in [0.29, 0.717) is 0 Å². The normalized spacial score (nSPS) is 17.5. The van der Waals surface area contributed by atoms with Gasteiger partial charge in [0, 0.05) is 0 Å². The molecule has 1 aliphatic rings. The molecule has 0 aromatic heterocycles. The fourth-order valence-corrected chi connectivity index (χ4v) is 6.66. The monoisotopic (exact) mass is 228 g/mol. The first-order valence-corrected chi connectivity index (χ1v) is 8.94. The van der Waals surface area contributed by atoms with Gasteiger partial charge in [-0.25, -0.2) is 0 Å². The smallest absolute Gasteiger partial charge is 0.0935 e. The highest BCUT2D eigenvalue weighted by Crippen LogP contribution is 2.34. The van der Waals surface area contributed by atoms with Crippen molar-refractivity contribution in [2.45, 2.75) is 42.0 Å². The number of fused-ring (bicyclic) bond motifs is 1. The molecule has 0 heterocycles. The first-order chi connectivity index (χ1) is 7.86. The largest absolute Gasteiger partial charge is 0.277 e. The molecule has 0 radical (unpaired) electrons. The average molecular weight is 228 g/mol. The third-order valence-electron chi connectivity index (χ3n) is 3.67. The minimum Gasteiger partial charge on any atom is -0.0935 e. The molecule has 0 saturated carbocycles. The highest BCUT2D eigenvalue weighted by Gasteiger charge is 2.29. The molecule has 0 amide bonds. The van der Waals surface area contributed by atoms with Crippen LogP contribution < -0.4 is 0 Å². The summed E-state index contributed by atoms with van der Waals surface area (Å²) in [7, 11) is 0. The quantitative estimate of drug-likeness (QED) is 0.643. The molecule has 0 nitrogen and oxygen atoms in total. The highest BCUT2D eigenvalue weighted by atomic mass is 27.2. The molecule has 0 spiro atoms. The molecular formula is C15H21Al. The minimum absolute atomic E-state index is 0.610. The van der Waals surface area contributed by atoms with Crippen LogP contribution in [0.3, 0.4) is 0 Å². The maximum absolute atomic E-state index is 2.48. The van der Waals surface area contributed by atoms with Crippen molar-refractivity contribution >= 4 is 20.2 Å². The Labute approximate surface area is 104 Å². The molecule has 1 aliphatic carbocycles. The summed E-state index contributed by atoms with van der Waals surface area (Å²) >= 11 is -0.610. The van der Waals surface area contributed by atoms with Gasteiger partial charge in [-0.1, -0.05) is 73.7 Å². The fourth-order valence-electron chi connectivity index (χ4n) is 2.93. The van der Waals surface area contributed by atoms with Crippen LogP contribution in [-0.4, -0.2) is 14.1 Å². The summed E-state index contributed by atoms with van der Waals surface area (Å²) in [5.41, 5.74) is 3.08. The van der Waals surface area contributed by atoms with E-state index >= 15 is 0 Å². The third-order valence-corrected chi connectivity index (χ3v) is 7.90. The number of allylic oxidation sites excluding steroid dienone is 1. The van der Waals surface area contributed by atoms with E-state index < -0.39 is 14.1 Å². The Kier molecular flexibility index (Phi) is 4.27. The van der Waals surface area contributed by atoms with Gasteiger partial charge in [0.05, 0.1) is 0 Å². The summed E-state index contributed by atoms with van der Waals surface area (Å²) < 4.78 is 0.816. The van der Waals surface area contributed by atoms with Crippen LogP contribution in [0, 0.1) is 0 Å². The topological polar surface area (TPSA) is 0 Å². The molecule has 1 atom stereocenters. The zero-order valence-electron chi connectivity index (χ0n) is 10.4. The predicted octanol–water partition coefficient (Wildman–Crippen LogP) is 4.65. The first-order valence-electron chi connectivity index (χ1n) is 6.64. The summed E-state index contributed by atoms with van der Waals surface area (Å²) in [5, 5.41) is 2.99. The molecule has 0 aliphatic heterocycles. The zero-order chi connectivity index (χ0) is 11.4. The number of benzene rings is 1. The summed E-state index contributed by atoms with van der Waals surface area (Å²) in [4.78, 5) is 0. The Hall–Kier alpha value is -0.508. The lowest BCUT2D eigenvalue weighted by Gasteiger charge is -2.18. The second-order valence-electron chi connectivity index (χ2n) is 4.85. The van der Waals surface area contributed by atoms with Crippen LogP contribution >= 0.6 is 0 Å². The zero-order valence-corrected chi connectivity index (χ0v) is 11.6. The van der Waals surface area contributed by atoms with Crippen LogP contribution in [0.25, 0.3) is 6.08 Å². The third kappa shape index (κ3) is 2.42. The molecular weight excluding hydrogens is 207 g/mol. The van der Waals surface area contributed by atoms with Crippen molar-refractivity contribution in [3.05, 3.63) is 41.5 Å². The van der Waals surface area contributed by atoms with Crippen LogP contribution in [0.1, 0.15) is 42.6 Å². The Morgan fingerprint density at radius 2 is 1.75 bits per heavy atom. The van der Waals surface area contributed by atoms with Gasteiger partial charge in [0.15, 0.2) is 0 Å². The van der Waals surface area contributed by atoms with Gasteiger partial charge in [-0.05, 0) is 15.9 Å². The highest BCUT2D eigenvalue weighted by molar-refractivity contribution is 6.61. The van der Waals surface area contributed by atoms with E-state index in [4.69, 9.17) is 0 Å². The molecule has 1 unspecified atom stereocenters. The maximum Gasteiger partial charge on any atom is 0.277 e. The van der Waals surface area contributed by atoms with Crippen molar-refractivity contribution in [1.82, 2.24) is 0 Å². The van der Waals surface area contributed by atoms with Gasteiger partial charge in [-0.15, -0.1) is 0 Å². The van der Waals surface area contributed by atoms with Crippen molar-refractivity contribution in [3.8, 4) is 0 Å². The van der Waals surface area contributed by atoms with E-state index in [9.17, 15) is 0 Å². The first kappa shape index (κ1) is 12.0. The van der Waals surface area contributed by atoms with Crippen LogP contribution in [0.2, 0.25) is 10.6 Å². The number of hydrogen-bond acceptors (Lipinski definition) is 0. The molecule has 0 N–H and O–H groups in total. The van der Waals surface area contributed by atoms with Crippen LogP contribution in [-0.2, 0) is 0 Å². The van der Waals surface area contributed by atoms with Gasteiger partial charge in [-0.2, -0.15) is 0 Å². The van der Waals surface area contributed by atoms with Crippen molar-refractivity contribution in [2.75, 3.05) is 0 Å². The van der Waals surface area contributed by atoms with E-state index in [1.807, 2.05) is 0 Å². The molecule has 1 heteroatoms. The Bertz CT molecular complexity index is 361. The van der Waals surface area contributed by atoms with Gasteiger partial charge in [0.25, 0.3) is 14.1 Å². The van der Waals surface area contributed by atoms with Crippen molar-refractivity contribution in [2.24, 2.45) is 0 Å². The average Bonchev–Trinajstić information content (AvgIpc) is 2.72. The molecule has 0 saturated heterocycles. The van der Waals surface area contributed by atoms with Gasteiger partial charge >= 0.3 is 0 Å². The lowest BCUT2D eigenvalue weighted by Crippen LogP contribution is -2.20. The van der Waals surface area contributed by atoms with Crippen molar-refractivity contribution in [1.29, 1.82) is 0 Å². The summed E-state index contributed by atoms with van der Waals surface area (Å²) in [6.07, 6.45) is 7.55. The number of hydrogen-bond donors (Lipinski definition) is 0. The van der Waals surface area contributed by atoms with Crippen molar-refractivity contribution in [3.63, 3.8) is 0 Å². The molecule has 0 bridgehead atoms. The second kappa shape index (κ2) is 5.71. The Morgan fingerprint density at radius 1 is 1.06 bits per heavy atom. The summed E-state index contributed by atoms with van der Waals surface area (Å²) in [6.45, 7) is 4.67. The Balaban J connectivity index is 2.18. The lowest BCUT2D eigenvalue weighted by atomic mass is 10.1. The van der Waals surface area contributed by atoms with Gasteiger partial charge < -0.3 is 0 Å². The summed E-state index contributed by atoms with van der Waals surface area (Å²) in [5.74, 6) is 0. The molecule has 2 rings (SSSR count).